The third kappa shape index (κ3) is 2.96. The SMILES string of the molecule is Cc1ccc(NC(=O)[C@@H]2CCCC2(F)F)cc1-c1cnc2cccn2c1. The van der Waals surface area contributed by atoms with Gasteiger partial charge in [-0.1, -0.05) is 6.07 Å². The van der Waals surface area contributed by atoms with Crippen molar-refractivity contribution in [1.82, 2.24) is 9.38 Å². The third-order valence-corrected chi connectivity index (χ3v) is 5.02. The molecule has 1 N–H and O–H groups in total. The van der Waals surface area contributed by atoms with Crippen molar-refractivity contribution in [3.8, 4) is 11.1 Å². The number of aryl methyl sites for hydroxylation is 1. The van der Waals surface area contributed by atoms with Gasteiger partial charge >= 0.3 is 0 Å². The zero-order valence-corrected chi connectivity index (χ0v) is 14.4. The van der Waals surface area contributed by atoms with Crippen molar-refractivity contribution < 1.29 is 13.6 Å². The first-order valence-corrected chi connectivity index (χ1v) is 8.66. The zero-order valence-electron chi connectivity index (χ0n) is 14.4. The van der Waals surface area contributed by atoms with E-state index in [2.05, 4.69) is 10.3 Å². The van der Waals surface area contributed by atoms with Crippen LogP contribution in [0.1, 0.15) is 24.8 Å². The van der Waals surface area contributed by atoms with Crippen LogP contribution in [0.15, 0.2) is 48.9 Å². The monoisotopic (exact) mass is 355 g/mol. The summed E-state index contributed by atoms with van der Waals surface area (Å²) in [4.78, 5) is 16.7. The van der Waals surface area contributed by atoms with Gasteiger partial charge in [-0.15, -0.1) is 0 Å². The molecule has 0 saturated heterocycles. The molecule has 0 unspecified atom stereocenters. The number of fused-ring (bicyclic) bond motifs is 1. The number of alkyl halides is 2. The minimum absolute atomic E-state index is 0.215. The number of halogens is 2. The Labute approximate surface area is 149 Å². The lowest BCUT2D eigenvalue weighted by Crippen LogP contribution is -2.33. The van der Waals surface area contributed by atoms with Crippen LogP contribution in [-0.4, -0.2) is 21.2 Å². The Morgan fingerprint density at radius 3 is 2.96 bits per heavy atom. The van der Waals surface area contributed by atoms with Crippen molar-refractivity contribution in [2.45, 2.75) is 32.1 Å². The number of nitrogens with one attached hydrogen (secondary N) is 1. The van der Waals surface area contributed by atoms with Crippen molar-refractivity contribution in [2.75, 3.05) is 5.32 Å². The van der Waals surface area contributed by atoms with E-state index < -0.39 is 17.7 Å². The molecule has 0 bridgehead atoms. The van der Waals surface area contributed by atoms with E-state index in [9.17, 15) is 13.6 Å². The van der Waals surface area contributed by atoms with Gasteiger partial charge in [0.2, 0.25) is 5.91 Å². The molecule has 0 aliphatic heterocycles. The van der Waals surface area contributed by atoms with Crippen molar-refractivity contribution >= 4 is 17.2 Å². The van der Waals surface area contributed by atoms with Crippen molar-refractivity contribution in [3.05, 3.63) is 54.5 Å². The van der Waals surface area contributed by atoms with Gasteiger partial charge in [0.1, 0.15) is 11.6 Å². The van der Waals surface area contributed by atoms with Gasteiger partial charge < -0.3 is 9.72 Å². The molecule has 134 valence electrons. The molecule has 1 amide bonds. The van der Waals surface area contributed by atoms with Gasteiger partial charge in [-0.05, 0) is 55.2 Å². The van der Waals surface area contributed by atoms with Gasteiger partial charge in [-0.3, -0.25) is 4.79 Å². The van der Waals surface area contributed by atoms with Crippen molar-refractivity contribution in [3.63, 3.8) is 0 Å². The smallest absolute Gasteiger partial charge is 0.259 e. The van der Waals surface area contributed by atoms with E-state index in [4.69, 9.17) is 0 Å². The Balaban J connectivity index is 1.63. The molecule has 4 nitrogen and oxygen atoms in total. The van der Waals surface area contributed by atoms with Crippen LogP contribution in [0, 0.1) is 12.8 Å². The summed E-state index contributed by atoms with van der Waals surface area (Å²) in [6.07, 6.45) is 6.04. The molecule has 4 rings (SSSR count). The summed E-state index contributed by atoms with van der Waals surface area (Å²) in [5, 5.41) is 2.66. The number of amides is 1. The predicted molar refractivity (Wildman–Crippen MR) is 96.3 cm³/mol. The second-order valence-corrected chi connectivity index (χ2v) is 6.84. The lowest BCUT2D eigenvalue weighted by Gasteiger charge is -2.19. The highest BCUT2D eigenvalue weighted by atomic mass is 19.3. The van der Waals surface area contributed by atoms with Crippen LogP contribution in [0.25, 0.3) is 16.8 Å². The summed E-state index contributed by atoms with van der Waals surface area (Å²) < 4.78 is 29.5. The summed E-state index contributed by atoms with van der Waals surface area (Å²) in [6, 6.07) is 9.25. The van der Waals surface area contributed by atoms with Crippen molar-refractivity contribution in [1.29, 1.82) is 0 Å². The summed E-state index contributed by atoms with van der Waals surface area (Å²) in [5.41, 5.74) is 4.19. The molecule has 2 aromatic heterocycles. The molecule has 6 heteroatoms. The highest BCUT2D eigenvalue weighted by molar-refractivity contribution is 5.94. The van der Waals surface area contributed by atoms with E-state index in [1.165, 1.54) is 0 Å². The van der Waals surface area contributed by atoms with Gasteiger partial charge in [0.25, 0.3) is 5.92 Å². The number of rotatable bonds is 3. The van der Waals surface area contributed by atoms with Gasteiger partial charge in [0, 0.05) is 36.3 Å². The molecule has 1 aliphatic carbocycles. The lowest BCUT2D eigenvalue weighted by atomic mass is 10.0. The molecule has 1 saturated carbocycles. The fraction of sp³-hybridized carbons (Fsp3) is 0.300. The van der Waals surface area contributed by atoms with Crippen LogP contribution in [0.5, 0.6) is 0 Å². The number of benzene rings is 1. The van der Waals surface area contributed by atoms with E-state index in [1.807, 2.05) is 48.0 Å². The van der Waals surface area contributed by atoms with Crippen LogP contribution in [0.4, 0.5) is 14.5 Å². The van der Waals surface area contributed by atoms with E-state index in [0.717, 1.165) is 22.3 Å². The van der Waals surface area contributed by atoms with Crippen LogP contribution in [-0.2, 0) is 4.79 Å². The normalized spacial score (nSPS) is 19.0. The average molecular weight is 355 g/mol. The molecule has 1 fully saturated rings. The van der Waals surface area contributed by atoms with Crippen LogP contribution < -0.4 is 5.32 Å². The Bertz CT molecular complexity index is 980. The number of carbonyl (C=O) groups excluding carboxylic acids is 1. The number of anilines is 1. The summed E-state index contributed by atoms with van der Waals surface area (Å²) in [7, 11) is 0. The third-order valence-electron chi connectivity index (χ3n) is 5.02. The maximum absolute atomic E-state index is 13.8. The first-order chi connectivity index (χ1) is 12.4. The highest BCUT2D eigenvalue weighted by Gasteiger charge is 2.47. The molecule has 1 aliphatic rings. The Kier molecular flexibility index (Phi) is 3.98. The second-order valence-electron chi connectivity index (χ2n) is 6.84. The first-order valence-electron chi connectivity index (χ1n) is 8.66. The standard InChI is InChI=1S/C20H19F2N3O/c1-13-6-7-15(24-19(26)17-4-2-8-20(17,21)22)10-16(13)14-11-23-18-5-3-9-25(18)12-14/h3,5-7,9-12,17H,2,4,8H2,1H3,(H,24,26)/t17-/m0/s1. The maximum atomic E-state index is 13.8. The quantitative estimate of drug-likeness (QED) is 0.741. The summed E-state index contributed by atoms with van der Waals surface area (Å²) in [5.74, 6) is -4.77. The fourth-order valence-electron chi connectivity index (χ4n) is 3.55. The van der Waals surface area contributed by atoms with Gasteiger partial charge in [0.05, 0.1) is 0 Å². The first kappa shape index (κ1) is 16.7. The fourth-order valence-corrected chi connectivity index (χ4v) is 3.55. The number of hydrogen-bond acceptors (Lipinski definition) is 2. The summed E-state index contributed by atoms with van der Waals surface area (Å²) in [6.45, 7) is 1.96. The molecule has 3 aromatic rings. The number of nitrogens with zero attached hydrogens (tertiary/aromatic N) is 2. The van der Waals surface area contributed by atoms with Crippen LogP contribution >= 0.6 is 0 Å². The van der Waals surface area contributed by atoms with Crippen LogP contribution in [0.3, 0.4) is 0 Å². The molecule has 26 heavy (non-hydrogen) atoms. The minimum Gasteiger partial charge on any atom is -0.326 e. The lowest BCUT2D eigenvalue weighted by molar-refractivity contribution is -0.130. The van der Waals surface area contributed by atoms with E-state index in [0.29, 0.717) is 12.1 Å². The molecule has 1 aromatic carbocycles. The minimum atomic E-state index is -2.92. The topological polar surface area (TPSA) is 46.4 Å². The molecule has 1 atom stereocenters. The second kappa shape index (κ2) is 6.20. The van der Waals surface area contributed by atoms with E-state index in [1.54, 1.807) is 12.3 Å². The van der Waals surface area contributed by atoms with Gasteiger partial charge in [0.15, 0.2) is 0 Å². The molecular formula is C20H19F2N3O. The van der Waals surface area contributed by atoms with Crippen LogP contribution in [0.2, 0.25) is 0 Å². The molecule has 0 spiro atoms. The Hall–Kier alpha value is -2.76. The van der Waals surface area contributed by atoms with Crippen molar-refractivity contribution in [2.24, 2.45) is 5.92 Å². The molecule has 2 heterocycles. The average Bonchev–Trinajstić information content (AvgIpc) is 3.21. The zero-order chi connectivity index (χ0) is 18.3. The maximum Gasteiger partial charge on any atom is 0.259 e. The molecular weight excluding hydrogens is 336 g/mol. The van der Waals surface area contributed by atoms with Gasteiger partial charge in [-0.25, -0.2) is 13.8 Å². The predicted octanol–water partition coefficient (Wildman–Crippen LogP) is 4.68. The highest BCUT2D eigenvalue weighted by Crippen LogP contribution is 2.41. The number of carbonyl (C=O) groups is 1. The van der Waals surface area contributed by atoms with E-state index >= 15 is 0 Å². The largest absolute Gasteiger partial charge is 0.326 e. The molecule has 0 radical (unpaired) electrons. The summed E-state index contributed by atoms with van der Waals surface area (Å²) >= 11 is 0. The van der Waals surface area contributed by atoms with Gasteiger partial charge in [-0.2, -0.15) is 0 Å². The Morgan fingerprint density at radius 2 is 2.19 bits per heavy atom. The van der Waals surface area contributed by atoms with E-state index in [-0.39, 0.29) is 12.8 Å². The Morgan fingerprint density at radius 1 is 1.35 bits per heavy atom. The number of aromatic nitrogens is 2. The number of hydrogen-bond donors (Lipinski definition) is 1.